The van der Waals surface area contributed by atoms with Gasteiger partial charge in [-0.25, -0.2) is 4.98 Å². The lowest BCUT2D eigenvalue weighted by Crippen LogP contribution is -2.27. The Hall–Kier alpha value is -1.36. The Balaban J connectivity index is 2.20. The molecule has 0 atom stereocenters. The summed E-state index contributed by atoms with van der Waals surface area (Å²) in [5.74, 6) is 1.42. The van der Waals surface area contributed by atoms with Crippen molar-refractivity contribution in [2.75, 3.05) is 13.1 Å². The van der Waals surface area contributed by atoms with Gasteiger partial charge in [0.05, 0.1) is 12.7 Å². The maximum atomic E-state index is 11.3. The first-order chi connectivity index (χ1) is 7.76. The first-order valence-electron chi connectivity index (χ1n) is 5.67. The van der Waals surface area contributed by atoms with Gasteiger partial charge in [0.1, 0.15) is 5.76 Å². The molecule has 1 heterocycles. The standard InChI is InChI=1S/C11H19N3O2/c1-3-9-7-14-11(16-9)8-13-10(15)5-6-12-4-2/h7,12H,3-6,8H2,1-2H3,(H,13,15). The molecule has 1 aromatic rings. The fourth-order valence-electron chi connectivity index (χ4n) is 1.23. The number of amides is 1. The van der Waals surface area contributed by atoms with E-state index in [4.69, 9.17) is 4.42 Å². The van der Waals surface area contributed by atoms with Gasteiger partial charge in [0, 0.05) is 19.4 Å². The maximum absolute atomic E-state index is 11.3. The Kier molecular flexibility index (Phi) is 5.56. The molecule has 0 saturated heterocycles. The Bertz CT molecular complexity index is 323. The van der Waals surface area contributed by atoms with Crippen molar-refractivity contribution in [1.82, 2.24) is 15.6 Å². The van der Waals surface area contributed by atoms with Crippen LogP contribution in [0.5, 0.6) is 0 Å². The van der Waals surface area contributed by atoms with E-state index in [0.717, 1.165) is 18.7 Å². The van der Waals surface area contributed by atoms with Crippen LogP contribution < -0.4 is 10.6 Å². The lowest BCUT2D eigenvalue weighted by atomic mass is 10.4. The maximum Gasteiger partial charge on any atom is 0.221 e. The molecule has 0 aromatic carbocycles. The predicted molar refractivity (Wildman–Crippen MR) is 60.9 cm³/mol. The van der Waals surface area contributed by atoms with E-state index in [1.807, 2.05) is 13.8 Å². The quantitative estimate of drug-likeness (QED) is 0.675. The Labute approximate surface area is 95.6 Å². The first-order valence-corrected chi connectivity index (χ1v) is 5.67. The molecule has 0 aliphatic carbocycles. The van der Waals surface area contributed by atoms with Gasteiger partial charge in [0.15, 0.2) is 0 Å². The molecule has 0 fully saturated rings. The number of carbonyl (C=O) groups excluding carboxylic acids is 1. The van der Waals surface area contributed by atoms with Gasteiger partial charge in [-0.2, -0.15) is 0 Å². The highest BCUT2D eigenvalue weighted by atomic mass is 16.4. The van der Waals surface area contributed by atoms with Crippen LogP contribution in [0.25, 0.3) is 0 Å². The Morgan fingerprint density at radius 1 is 1.50 bits per heavy atom. The van der Waals surface area contributed by atoms with Crippen LogP contribution in [0.15, 0.2) is 10.6 Å². The average molecular weight is 225 g/mol. The molecule has 90 valence electrons. The number of hydrogen-bond donors (Lipinski definition) is 2. The summed E-state index contributed by atoms with van der Waals surface area (Å²) in [6.07, 6.45) is 3.00. The number of aryl methyl sites for hydroxylation is 1. The highest BCUT2D eigenvalue weighted by molar-refractivity contribution is 5.75. The number of aromatic nitrogens is 1. The van der Waals surface area contributed by atoms with E-state index in [-0.39, 0.29) is 5.91 Å². The predicted octanol–water partition coefficient (Wildman–Crippen LogP) is 0.853. The molecular formula is C11H19N3O2. The van der Waals surface area contributed by atoms with Crippen LogP contribution in [0, 0.1) is 0 Å². The zero-order valence-corrected chi connectivity index (χ0v) is 9.88. The van der Waals surface area contributed by atoms with Gasteiger partial charge in [0.2, 0.25) is 11.8 Å². The minimum atomic E-state index is 0.0113. The summed E-state index contributed by atoms with van der Waals surface area (Å²) in [4.78, 5) is 15.4. The first kappa shape index (κ1) is 12.7. The van der Waals surface area contributed by atoms with Crippen LogP contribution in [-0.2, 0) is 17.8 Å². The molecule has 0 bridgehead atoms. The minimum absolute atomic E-state index is 0.0113. The Morgan fingerprint density at radius 3 is 2.94 bits per heavy atom. The Morgan fingerprint density at radius 2 is 2.31 bits per heavy atom. The van der Waals surface area contributed by atoms with Crippen molar-refractivity contribution >= 4 is 5.91 Å². The lowest BCUT2D eigenvalue weighted by Gasteiger charge is -2.02. The molecule has 0 radical (unpaired) electrons. The van der Waals surface area contributed by atoms with Crippen LogP contribution in [0.1, 0.15) is 31.9 Å². The van der Waals surface area contributed by atoms with E-state index in [1.165, 1.54) is 0 Å². The minimum Gasteiger partial charge on any atom is -0.444 e. The average Bonchev–Trinajstić information content (AvgIpc) is 2.74. The monoisotopic (exact) mass is 225 g/mol. The van der Waals surface area contributed by atoms with Gasteiger partial charge in [-0.3, -0.25) is 4.79 Å². The smallest absolute Gasteiger partial charge is 0.221 e. The largest absolute Gasteiger partial charge is 0.444 e. The lowest BCUT2D eigenvalue weighted by molar-refractivity contribution is -0.121. The van der Waals surface area contributed by atoms with Crippen LogP contribution in [-0.4, -0.2) is 24.0 Å². The van der Waals surface area contributed by atoms with E-state index >= 15 is 0 Å². The zero-order chi connectivity index (χ0) is 11.8. The van der Waals surface area contributed by atoms with Crippen molar-refractivity contribution in [3.63, 3.8) is 0 Å². The van der Waals surface area contributed by atoms with Crippen molar-refractivity contribution in [3.05, 3.63) is 17.8 Å². The molecule has 16 heavy (non-hydrogen) atoms. The molecule has 5 heteroatoms. The zero-order valence-electron chi connectivity index (χ0n) is 9.88. The normalized spacial score (nSPS) is 10.4. The summed E-state index contributed by atoms with van der Waals surface area (Å²) in [5, 5.41) is 5.85. The number of carbonyl (C=O) groups is 1. The van der Waals surface area contributed by atoms with Crippen molar-refractivity contribution in [1.29, 1.82) is 0 Å². The van der Waals surface area contributed by atoms with E-state index < -0.39 is 0 Å². The van der Waals surface area contributed by atoms with Crippen molar-refractivity contribution in [3.8, 4) is 0 Å². The molecule has 0 aliphatic rings. The molecule has 0 unspecified atom stereocenters. The molecule has 0 saturated carbocycles. The summed E-state index contributed by atoms with van der Waals surface area (Å²) < 4.78 is 5.37. The summed E-state index contributed by atoms with van der Waals surface area (Å²) >= 11 is 0. The topological polar surface area (TPSA) is 67.2 Å². The van der Waals surface area contributed by atoms with E-state index in [9.17, 15) is 4.79 Å². The number of rotatable bonds is 7. The molecular weight excluding hydrogens is 206 g/mol. The molecule has 1 rings (SSSR count). The third-order valence-corrected chi connectivity index (χ3v) is 2.17. The van der Waals surface area contributed by atoms with Crippen molar-refractivity contribution in [2.24, 2.45) is 0 Å². The highest BCUT2D eigenvalue weighted by Gasteiger charge is 2.04. The summed E-state index contributed by atoms with van der Waals surface area (Å²) in [7, 11) is 0. The number of nitrogens with zero attached hydrogens (tertiary/aromatic N) is 1. The van der Waals surface area contributed by atoms with Crippen LogP contribution in [0.3, 0.4) is 0 Å². The molecule has 0 spiro atoms. The summed E-state index contributed by atoms with van der Waals surface area (Å²) in [6.45, 7) is 5.96. The number of hydrogen-bond acceptors (Lipinski definition) is 4. The van der Waals surface area contributed by atoms with E-state index in [2.05, 4.69) is 15.6 Å². The fourth-order valence-corrected chi connectivity index (χ4v) is 1.23. The van der Waals surface area contributed by atoms with E-state index in [0.29, 0.717) is 25.4 Å². The van der Waals surface area contributed by atoms with Crippen molar-refractivity contribution < 1.29 is 9.21 Å². The summed E-state index contributed by atoms with van der Waals surface area (Å²) in [5.41, 5.74) is 0. The molecule has 1 aromatic heterocycles. The third-order valence-electron chi connectivity index (χ3n) is 2.17. The van der Waals surface area contributed by atoms with Gasteiger partial charge in [0.25, 0.3) is 0 Å². The van der Waals surface area contributed by atoms with Gasteiger partial charge < -0.3 is 15.1 Å². The van der Waals surface area contributed by atoms with Crippen LogP contribution >= 0.6 is 0 Å². The van der Waals surface area contributed by atoms with Gasteiger partial charge in [-0.05, 0) is 6.54 Å². The number of oxazole rings is 1. The third kappa shape index (κ3) is 4.44. The van der Waals surface area contributed by atoms with Gasteiger partial charge >= 0.3 is 0 Å². The van der Waals surface area contributed by atoms with Gasteiger partial charge in [-0.15, -0.1) is 0 Å². The molecule has 0 aliphatic heterocycles. The van der Waals surface area contributed by atoms with Crippen LogP contribution in [0.4, 0.5) is 0 Å². The molecule has 1 amide bonds. The highest BCUT2D eigenvalue weighted by Crippen LogP contribution is 2.03. The number of nitrogens with one attached hydrogen (secondary N) is 2. The second-order valence-corrected chi connectivity index (χ2v) is 3.45. The van der Waals surface area contributed by atoms with Crippen molar-refractivity contribution in [2.45, 2.75) is 33.2 Å². The SMILES string of the molecule is CCNCCC(=O)NCc1ncc(CC)o1. The molecule has 5 nitrogen and oxygen atoms in total. The molecule has 2 N–H and O–H groups in total. The second-order valence-electron chi connectivity index (χ2n) is 3.45. The van der Waals surface area contributed by atoms with E-state index in [1.54, 1.807) is 6.20 Å². The van der Waals surface area contributed by atoms with Gasteiger partial charge in [-0.1, -0.05) is 13.8 Å². The summed E-state index contributed by atoms with van der Waals surface area (Å²) in [6, 6.07) is 0. The fraction of sp³-hybridized carbons (Fsp3) is 0.636. The van der Waals surface area contributed by atoms with Crippen LogP contribution in [0.2, 0.25) is 0 Å². The second kappa shape index (κ2) is 7.00.